The largest absolute Gasteiger partial charge is 0.299 e. The van der Waals surface area contributed by atoms with E-state index in [4.69, 9.17) is 0 Å². The van der Waals surface area contributed by atoms with Gasteiger partial charge in [0.05, 0.1) is 0 Å². The lowest BCUT2D eigenvalue weighted by Gasteiger charge is -2.08. The molecule has 6 bridgehead atoms. The van der Waals surface area contributed by atoms with Crippen LogP contribution in [0.2, 0.25) is 0 Å². The van der Waals surface area contributed by atoms with Gasteiger partial charge in [0, 0.05) is 12.8 Å². The minimum Gasteiger partial charge on any atom is -0.299 e. The van der Waals surface area contributed by atoms with E-state index in [0.717, 1.165) is 30.4 Å². The molecule has 0 aliphatic heterocycles. The molecule has 3 aromatic carbocycles. The van der Waals surface area contributed by atoms with Gasteiger partial charge in [0.1, 0.15) is 5.78 Å². The second-order valence-corrected chi connectivity index (χ2v) is 7.02. The summed E-state index contributed by atoms with van der Waals surface area (Å²) in [6.45, 7) is 0. The van der Waals surface area contributed by atoms with Crippen LogP contribution in [0.4, 0.5) is 0 Å². The van der Waals surface area contributed by atoms with Gasteiger partial charge in [-0.25, -0.2) is 0 Å². The third-order valence-corrected chi connectivity index (χ3v) is 4.98. The fourth-order valence-corrected chi connectivity index (χ4v) is 3.46. The maximum Gasteiger partial charge on any atom is 0.141 e. The van der Waals surface area contributed by atoms with Crippen molar-refractivity contribution in [2.24, 2.45) is 0 Å². The van der Waals surface area contributed by atoms with Gasteiger partial charge in [-0.15, -0.1) is 0 Å². The van der Waals surface area contributed by atoms with Gasteiger partial charge in [0.2, 0.25) is 0 Å². The number of ketones is 1. The molecule has 0 atom stereocenters. The van der Waals surface area contributed by atoms with E-state index in [9.17, 15) is 4.79 Å². The first-order chi connectivity index (χ1) is 12.2. The Hall–Kier alpha value is -2.67. The van der Waals surface area contributed by atoms with E-state index in [1.54, 1.807) is 0 Å². The first-order valence-corrected chi connectivity index (χ1v) is 9.00. The van der Waals surface area contributed by atoms with Crippen molar-refractivity contribution in [1.82, 2.24) is 0 Å². The second kappa shape index (κ2) is 7.06. The second-order valence-electron chi connectivity index (χ2n) is 7.02. The van der Waals surface area contributed by atoms with Gasteiger partial charge in [-0.1, -0.05) is 72.8 Å². The number of hydrogen-bond donors (Lipinski definition) is 0. The standard InChI is InChI=1S/C24H22O/c25-24-16-22-9-5-19(6-10-22)2-1-18-3-7-20(8-4-18)15-21-11-13-23(17-24)14-12-21/h3-14H,1-2,15-17H2. The van der Waals surface area contributed by atoms with E-state index in [1.165, 1.54) is 22.3 Å². The van der Waals surface area contributed by atoms with Crippen molar-refractivity contribution in [1.29, 1.82) is 0 Å². The topological polar surface area (TPSA) is 17.1 Å². The fourth-order valence-electron chi connectivity index (χ4n) is 3.46. The zero-order valence-corrected chi connectivity index (χ0v) is 14.4. The van der Waals surface area contributed by atoms with Crippen LogP contribution in [0, 0.1) is 0 Å². The Morgan fingerprint density at radius 1 is 0.400 bits per heavy atom. The summed E-state index contributed by atoms with van der Waals surface area (Å²) in [5.74, 6) is 0.275. The minimum absolute atomic E-state index is 0.275. The molecule has 1 nitrogen and oxygen atoms in total. The SMILES string of the molecule is O=C1Cc2ccc(cc2)CCc2ccc(cc2)Cc2ccc(cc2)C1. The zero-order valence-electron chi connectivity index (χ0n) is 14.4. The van der Waals surface area contributed by atoms with Crippen molar-refractivity contribution >= 4 is 5.78 Å². The monoisotopic (exact) mass is 326 g/mol. The summed E-state index contributed by atoms with van der Waals surface area (Å²) >= 11 is 0. The molecule has 0 N–H and O–H groups in total. The average Bonchev–Trinajstić information content (AvgIpc) is 2.63. The molecule has 1 heteroatoms. The van der Waals surface area contributed by atoms with Crippen LogP contribution in [-0.2, 0) is 36.9 Å². The lowest BCUT2D eigenvalue weighted by Crippen LogP contribution is -2.07. The van der Waals surface area contributed by atoms with E-state index in [1.807, 2.05) is 0 Å². The van der Waals surface area contributed by atoms with Crippen LogP contribution < -0.4 is 0 Å². The molecule has 0 radical (unpaired) electrons. The maximum absolute atomic E-state index is 12.3. The molecular weight excluding hydrogens is 304 g/mol. The average molecular weight is 326 g/mol. The van der Waals surface area contributed by atoms with Crippen LogP contribution in [0.5, 0.6) is 0 Å². The molecule has 0 saturated carbocycles. The molecule has 5 aliphatic carbocycles. The third-order valence-electron chi connectivity index (χ3n) is 4.98. The number of carbonyl (C=O) groups is 1. The molecule has 0 fully saturated rings. The van der Waals surface area contributed by atoms with Gasteiger partial charge < -0.3 is 0 Å². The number of benzene rings is 3. The summed E-state index contributed by atoms with van der Waals surface area (Å²) < 4.78 is 0. The van der Waals surface area contributed by atoms with Crippen LogP contribution in [0.25, 0.3) is 0 Å². The number of rotatable bonds is 0. The maximum atomic E-state index is 12.3. The van der Waals surface area contributed by atoms with Gasteiger partial charge in [-0.05, 0) is 52.6 Å². The first kappa shape index (κ1) is 15.8. The molecule has 0 aromatic heterocycles. The van der Waals surface area contributed by atoms with Crippen molar-refractivity contribution in [3.8, 4) is 0 Å². The third kappa shape index (κ3) is 4.06. The van der Waals surface area contributed by atoms with E-state index >= 15 is 0 Å². The highest BCUT2D eigenvalue weighted by Crippen LogP contribution is 2.16. The van der Waals surface area contributed by atoms with Crippen LogP contribution in [-0.4, -0.2) is 5.78 Å². The molecular formula is C24H22O. The van der Waals surface area contributed by atoms with Crippen LogP contribution >= 0.6 is 0 Å². The Kier molecular flexibility index (Phi) is 4.47. The summed E-state index contributed by atoms with van der Waals surface area (Å²) in [4.78, 5) is 12.3. The van der Waals surface area contributed by atoms with Gasteiger partial charge in [0.25, 0.3) is 0 Å². The molecule has 0 saturated heterocycles. The lowest BCUT2D eigenvalue weighted by molar-refractivity contribution is -0.117. The smallest absolute Gasteiger partial charge is 0.141 e. The lowest BCUT2D eigenvalue weighted by atomic mass is 9.96. The zero-order chi connectivity index (χ0) is 17.1. The number of Topliss-reactive ketones (excluding diaryl/α,β-unsaturated/α-hetero) is 1. The minimum atomic E-state index is 0.275. The molecule has 8 rings (SSSR count). The van der Waals surface area contributed by atoms with E-state index in [2.05, 4.69) is 72.8 Å². The number of hydrogen-bond acceptors (Lipinski definition) is 1. The Balaban J connectivity index is 1.65. The highest BCUT2D eigenvalue weighted by atomic mass is 16.1. The number of aryl methyl sites for hydroxylation is 2. The molecule has 0 spiro atoms. The Bertz CT molecular complexity index is 855. The summed E-state index contributed by atoms with van der Waals surface area (Å²) in [6, 6.07) is 26.0. The normalized spacial score (nSPS) is 14.5. The molecule has 124 valence electrons. The van der Waals surface area contributed by atoms with Gasteiger partial charge >= 0.3 is 0 Å². The van der Waals surface area contributed by atoms with Crippen molar-refractivity contribution < 1.29 is 4.79 Å². The summed E-state index contributed by atoms with van der Waals surface area (Å²) in [5.41, 5.74) is 7.53. The predicted molar refractivity (Wildman–Crippen MR) is 102 cm³/mol. The molecule has 5 aliphatic rings. The van der Waals surface area contributed by atoms with Crippen LogP contribution in [0.3, 0.4) is 0 Å². The number of fused-ring (bicyclic) bond motifs is 1. The van der Waals surface area contributed by atoms with Gasteiger partial charge in [-0.2, -0.15) is 0 Å². The molecule has 25 heavy (non-hydrogen) atoms. The van der Waals surface area contributed by atoms with Crippen molar-refractivity contribution in [2.45, 2.75) is 32.1 Å². The molecule has 3 aromatic rings. The molecule has 0 amide bonds. The summed E-state index contributed by atoms with van der Waals surface area (Å²) in [5, 5.41) is 0. The highest BCUT2D eigenvalue weighted by Gasteiger charge is 2.07. The first-order valence-electron chi connectivity index (χ1n) is 9.00. The predicted octanol–water partition coefficient (Wildman–Crippen LogP) is 4.73. The van der Waals surface area contributed by atoms with Gasteiger partial charge in [0.15, 0.2) is 0 Å². The fraction of sp³-hybridized carbons (Fsp3) is 0.208. The van der Waals surface area contributed by atoms with Crippen LogP contribution in [0.1, 0.15) is 33.4 Å². The summed E-state index contributed by atoms with van der Waals surface area (Å²) in [6.07, 6.45) is 4.05. The summed E-state index contributed by atoms with van der Waals surface area (Å²) in [7, 11) is 0. The molecule has 0 unspecified atom stereocenters. The van der Waals surface area contributed by atoms with Crippen molar-refractivity contribution in [2.75, 3.05) is 0 Å². The van der Waals surface area contributed by atoms with E-state index < -0.39 is 0 Å². The van der Waals surface area contributed by atoms with E-state index in [0.29, 0.717) is 12.8 Å². The Morgan fingerprint density at radius 2 is 0.680 bits per heavy atom. The highest BCUT2D eigenvalue weighted by molar-refractivity contribution is 5.83. The van der Waals surface area contributed by atoms with Crippen molar-refractivity contribution in [3.63, 3.8) is 0 Å². The van der Waals surface area contributed by atoms with Crippen LogP contribution in [0.15, 0.2) is 72.8 Å². The Morgan fingerprint density at radius 3 is 1.04 bits per heavy atom. The molecule has 0 heterocycles. The quantitative estimate of drug-likeness (QED) is 0.584. The Labute approximate surface area is 149 Å². The number of carbonyl (C=O) groups excluding carboxylic acids is 1. The van der Waals surface area contributed by atoms with Crippen molar-refractivity contribution in [3.05, 3.63) is 106 Å². The van der Waals surface area contributed by atoms with E-state index in [-0.39, 0.29) is 5.78 Å². The van der Waals surface area contributed by atoms with Gasteiger partial charge in [-0.3, -0.25) is 4.79 Å².